The van der Waals surface area contributed by atoms with Crippen LogP contribution in [-0.4, -0.2) is 52.7 Å². The van der Waals surface area contributed by atoms with Crippen LogP contribution in [0.2, 0.25) is 0 Å². The predicted octanol–water partition coefficient (Wildman–Crippen LogP) is 6.94. The first-order valence-corrected chi connectivity index (χ1v) is 16.1. The second kappa shape index (κ2) is 14.8. The van der Waals surface area contributed by atoms with Crippen LogP contribution in [0.5, 0.6) is 5.75 Å². The summed E-state index contributed by atoms with van der Waals surface area (Å²) in [6.45, 7) is 6.18. The van der Waals surface area contributed by atoms with Crippen molar-refractivity contribution in [1.29, 1.82) is 0 Å². The minimum atomic E-state index is -4.99. The molecular weight excluding hydrogens is 680 g/mol. The van der Waals surface area contributed by atoms with Crippen molar-refractivity contribution in [2.75, 3.05) is 20.7 Å². The van der Waals surface area contributed by atoms with Gasteiger partial charge in [-0.1, -0.05) is 19.8 Å². The number of pyridine rings is 1. The fraction of sp³-hybridized carbons (Fsp3) is 0.432. The monoisotopic (exact) mass is 719 g/mol. The fourth-order valence-electron chi connectivity index (χ4n) is 6.23. The fourth-order valence-corrected chi connectivity index (χ4v) is 6.23. The van der Waals surface area contributed by atoms with Crippen molar-refractivity contribution in [3.63, 3.8) is 0 Å². The summed E-state index contributed by atoms with van der Waals surface area (Å²) in [5.74, 6) is -4.85. The van der Waals surface area contributed by atoms with Crippen LogP contribution in [0.1, 0.15) is 79.4 Å². The Bertz CT molecular complexity index is 1920. The molecule has 0 spiro atoms. The van der Waals surface area contributed by atoms with E-state index in [0.29, 0.717) is 18.9 Å². The zero-order valence-corrected chi connectivity index (χ0v) is 29.0. The Morgan fingerprint density at radius 1 is 1.08 bits per heavy atom. The second-order valence-electron chi connectivity index (χ2n) is 13.6. The highest BCUT2D eigenvalue weighted by atomic mass is 19.4. The lowest BCUT2D eigenvalue weighted by Gasteiger charge is -2.28. The summed E-state index contributed by atoms with van der Waals surface area (Å²) in [5, 5.41) is 12.1. The number of aryl methyl sites for hydroxylation is 2. The number of likely N-dealkylation sites (N-methyl/N-ethyl adjacent to an activating group) is 1. The van der Waals surface area contributed by atoms with Crippen LogP contribution in [0.25, 0.3) is 11.1 Å². The van der Waals surface area contributed by atoms with Gasteiger partial charge in [0.2, 0.25) is 5.91 Å². The first-order chi connectivity index (χ1) is 23.7. The summed E-state index contributed by atoms with van der Waals surface area (Å²) >= 11 is 0. The highest BCUT2D eigenvalue weighted by Gasteiger charge is 2.46. The van der Waals surface area contributed by atoms with E-state index < -0.39 is 87.5 Å². The summed E-state index contributed by atoms with van der Waals surface area (Å²) in [6.07, 6.45) is 1.47. The molecule has 0 bridgehead atoms. The number of benzene rings is 2. The van der Waals surface area contributed by atoms with Crippen molar-refractivity contribution in [3.05, 3.63) is 86.1 Å². The maximum absolute atomic E-state index is 16.5. The molecule has 2 atom stereocenters. The van der Waals surface area contributed by atoms with Crippen LogP contribution >= 0.6 is 0 Å². The smallest absolute Gasteiger partial charge is 0.420 e. The third-order valence-corrected chi connectivity index (χ3v) is 9.16. The summed E-state index contributed by atoms with van der Waals surface area (Å²) in [7, 11) is 3.52. The number of carboxylic acid groups (broad SMARTS) is 1. The predicted molar refractivity (Wildman–Crippen MR) is 178 cm³/mol. The van der Waals surface area contributed by atoms with Crippen molar-refractivity contribution in [3.8, 4) is 29.2 Å². The van der Waals surface area contributed by atoms with Gasteiger partial charge in [-0.25, -0.2) is 13.2 Å². The Labute approximate surface area is 291 Å². The van der Waals surface area contributed by atoms with Crippen molar-refractivity contribution < 1.29 is 45.8 Å². The maximum atomic E-state index is 16.5. The number of carboxylic acids is 1. The molecule has 51 heavy (non-hydrogen) atoms. The number of nitrogens with zero attached hydrogens (tertiary/aromatic N) is 2. The molecule has 1 fully saturated rings. The van der Waals surface area contributed by atoms with Gasteiger partial charge in [0.25, 0.3) is 5.56 Å². The zero-order chi connectivity index (χ0) is 38.2. The van der Waals surface area contributed by atoms with Gasteiger partial charge in [0.1, 0.15) is 41.4 Å². The Morgan fingerprint density at radius 2 is 1.69 bits per heavy atom. The second-order valence-corrected chi connectivity index (χ2v) is 13.6. The molecule has 0 saturated heterocycles. The lowest BCUT2D eigenvalue weighted by molar-refractivity contribution is -0.139. The van der Waals surface area contributed by atoms with Crippen molar-refractivity contribution in [1.82, 2.24) is 14.8 Å². The highest BCUT2D eigenvalue weighted by Crippen LogP contribution is 2.42. The number of terminal acetylenes is 1. The van der Waals surface area contributed by atoms with E-state index in [1.165, 1.54) is 13.8 Å². The van der Waals surface area contributed by atoms with Crippen molar-refractivity contribution in [2.24, 2.45) is 5.92 Å². The molecule has 2 unspecified atom stereocenters. The van der Waals surface area contributed by atoms with Crippen LogP contribution in [0.3, 0.4) is 0 Å². The van der Waals surface area contributed by atoms with E-state index in [2.05, 4.69) is 11.2 Å². The molecule has 1 saturated carbocycles. The number of halogens is 6. The topological polar surface area (TPSA) is 101 Å². The number of carbonyl (C=O) groups excluding carboxylic acids is 1. The van der Waals surface area contributed by atoms with Gasteiger partial charge >= 0.3 is 12.1 Å². The molecule has 8 nitrogen and oxygen atoms in total. The average molecular weight is 720 g/mol. The number of ether oxygens (including phenoxy) is 1. The first kappa shape index (κ1) is 39.0. The lowest BCUT2D eigenvalue weighted by Crippen LogP contribution is -2.41. The summed E-state index contributed by atoms with van der Waals surface area (Å²) in [5.41, 5.74) is -4.02. The minimum Gasteiger partial charge on any atom is -0.489 e. The lowest BCUT2D eigenvalue weighted by atomic mass is 9.89. The number of rotatable bonds is 13. The Hall–Kier alpha value is -4.77. The highest BCUT2D eigenvalue weighted by molar-refractivity contribution is 5.82. The molecule has 2 N–H and O–H groups in total. The molecule has 1 aromatic heterocycles. The van der Waals surface area contributed by atoms with Crippen LogP contribution in [0.4, 0.5) is 26.3 Å². The molecule has 1 aliphatic rings. The third kappa shape index (κ3) is 8.41. The summed E-state index contributed by atoms with van der Waals surface area (Å²) in [4.78, 5) is 41.1. The van der Waals surface area contributed by atoms with Gasteiger partial charge in [-0.2, -0.15) is 13.2 Å². The number of alkyl halides is 3. The largest absolute Gasteiger partial charge is 0.489 e. The van der Waals surface area contributed by atoms with E-state index >= 15 is 8.78 Å². The van der Waals surface area contributed by atoms with Crippen molar-refractivity contribution >= 4 is 11.9 Å². The number of aromatic nitrogens is 1. The van der Waals surface area contributed by atoms with Gasteiger partial charge in [0.05, 0.1) is 29.8 Å². The minimum absolute atomic E-state index is 0.136. The molecule has 14 heteroatoms. The molecule has 0 radical (unpaired) electrons. The molecule has 1 aliphatic carbocycles. The van der Waals surface area contributed by atoms with Gasteiger partial charge in [0, 0.05) is 17.2 Å². The van der Waals surface area contributed by atoms with Gasteiger partial charge in [-0.05, 0) is 88.0 Å². The van der Waals surface area contributed by atoms with Gasteiger partial charge in [-0.15, -0.1) is 6.42 Å². The molecule has 274 valence electrons. The number of aliphatic carboxylic acids is 1. The number of amides is 1. The maximum Gasteiger partial charge on any atom is 0.420 e. The molecule has 1 heterocycles. The van der Waals surface area contributed by atoms with Gasteiger partial charge < -0.3 is 20.1 Å². The Morgan fingerprint density at radius 3 is 2.18 bits per heavy atom. The van der Waals surface area contributed by atoms with Crippen molar-refractivity contribution in [2.45, 2.75) is 77.2 Å². The van der Waals surface area contributed by atoms with E-state index in [9.17, 15) is 37.1 Å². The number of hydrogen-bond acceptors (Lipinski definition) is 5. The van der Waals surface area contributed by atoms with E-state index in [1.807, 2.05) is 4.90 Å². The van der Waals surface area contributed by atoms with E-state index in [0.717, 1.165) is 29.0 Å². The number of nitrogens with one attached hydrogen (secondary N) is 1. The molecule has 4 rings (SSSR count). The quantitative estimate of drug-likeness (QED) is 0.147. The van der Waals surface area contributed by atoms with E-state index in [4.69, 9.17) is 11.2 Å². The molecule has 1 amide bonds. The Balaban J connectivity index is 1.85. The van der Waals surface area contributed by atoms with Crippen LogP contribution in [-0.2, 0) is 15.8 Å². The summed E-state index contributed by atoms with van der Waals surface area (Å²) < 4.78 is 95.2. The molecule has 3 aromatic rings. The molecular formula is C37H39F6N3O5. The van der Waals surface area contributed by atoms with Gasteiger partial charge in [-0.3, -0.25) is 19.0 Å². The summed E-state index contributed by atoms with van der Waals surface area (Å²) in [6, 6.07) is 0.109. The van der Waals surface area contributed by atoms with Gasteiger partial charge in [0.15, 0.2) is 0 Å². The normalized spacial score (nSPS) is 15.0. The molecule has 2 aromatic carbocycles. The Kier molecular flexibility index (Phi) is 11.4. The number of carbonyl (C=O) groups is 2. The first-order valence-electron chi connectivity index (χ1n) is 16.1. The standard InChI is InChI=1S/C37H39F6N3O5/c1-8-22-14-24(31-20(4)12-23(38)13-21(31)5)34(40)32(33(22)39)26(16-30(48)49)44-35(50)27(11-19(2)3)46-17-28(25(15-29(46)47)37(41,42)43)51-18-36(9-10-36)45(6)7/h1,12-15,17,19,26-27H,9-11,16,18H2,2-7H3,(H,44,50)(H,48,49). The van der Waals surface area contributed by atoms with E-state index in [1.54, 1.807) is 27.9 Å². The van der Waals surface area contributed by atoms with Crippen LogP contribution < -0.4 is 15.6 Å². The van der Waals surface area contributed by atoms with Crippen LogP contribution in [0, 0.1) is 49.6 Å². The SMILES string of the molecule is C#Cc1cc(-c2c(C)cc(F)cc2C)c(F)c(C(CC(=O)O)NC(=O)C(CC(C)C)n2cc(OCC3(N(C)C)CC3)c(C(F)(F)F)cc2=O)c1F. The third-order valence-electron chi connectivity index (χ3n) is 9.16. The molecule has 0 aliphatic heterocycles. The zero-order valence-electron chi connectivity index (χ0n) is 29.0. The van der Waals surface area contributed by atoms with Crippen LogP contribution in [0.15, 0.2) is 35.3 Å². The van der Waals surface area contributed by atoms with E-state index in [-0.39, 0.29) is 41.2 Å². The number of hydrogen-bond donors (Lipinski definition) is 2. The average Bonchev–Trinajstić information content (AvgIpc) is 3.80.